The van der Waals surface area contributed by atoms with Crippen LogP contribution < -0.4 is 9.62 Å². The average molecular weight is 562 g/mol. The predicted molar refractivity (Wildman–Crippen MR) is 138 cm³/mol. The van der Waals surface area contributed by atoms with E-state index in [2.05, 4.69) is 5.32 Å². The van der Waals surface area contributed by atoms with Crippen molar-refractivity contribution in [3.05, 3.63) is 64.2 Å². The van der Waals surface area contributed by atoms with E-state index < -0.39 is 51.2 Å². The molecule has 2 aromatic rings. The van der Waals surface area contributed by atoms with Crippen molar-refractivity contribution in [1.29, 1.82) is 0 Å². The topological polar surface area (TPSA) is 86.8 Å². The van der Waals surface area contributed by atoms with Gasteiger partial charge in [-0.2, -0.15) is 13.2 Å². The van der Waals surface area contributed by atoms with Gasteiger partial charge in [-0.3, -0.25) is 13.9 Å². The minimum atomic E-state index is -4.83. The number of carbonyl (C=O) groups excluding carboxylic acids is 2. The third kappa shape index (κ3) is 8.63. The van der Waals surface area contributed by atoms with Gasteiger partial charge in [0.2, 0.25) is 21.8 Å². The summed E-state index contributed by atoms with van der Waals surface area (Å²) in [6, 6.07) is 8.83. The Labute approximate surface area is 220 Å². The molecule has 12 heteroatoms. The Morgan fingerprint density at radius 2 is 1.65 bits per heavy atom. The fraction of sp³-hybridized carbons (Fsp3) is 0.440. The minimum absolute atomic E-state index is 0.0125. The SMILES string of the molecule is Cc1ccc(CN(C(=O)CN(c2ccc(Cl)c(C(F)(F)F)c2)S(C)(=O)=O)C(C)C(=O)NCC(C)C)cc1. The highest BCUT2D eigenvalue weighted by atomic mass is 35.5. The molecule has 0 saturated heterocycles. The fourth-order valence-corrected chi connectivity index (χ4v) is 4.49. The highest BCUT2D eigenvalue weighted by Crippen LogP contribution is 2.37. The molecule has 0 radical (unpaired) electrons. The molecule has 0 saturated carbocycles. The van der Waals surface area contributed by atoms with Gasteiger partial charge in [-0.25, -0.2) is 8.42 Å². The number of amides is 2. The lowest BCUT2D eigenvalue weighted by Crippen LogP contribution is -2.51. The summed E-state index contributed by atoms with van der Waals surface area (Å²) in [6.45, 7) is 6.76. The number of nitrogens with zero attached hydrogens (tertiary/aromatic N) is 2. The summed E-state index contributed by atoms with van der Waals surface area (Å²) in [4.78, 5) is 27.5. The van der Waals surface area contributed by atoms with Gasteiger partial charge in [-0.05, 0) is 43.5 Å². The molecule has 0 aliphatic heterocycles. The molecule has 0 bridgehead atoms. The third-order valence-corrected chi connectivity index (χ3v) is 7.02. The normalized spacial score (nSPS) is 12.8. The smallest absolute Gasteiger partial charge is 0.354 e. The molecule has 2 amide bonds. The van der Waals surface area contributed by atoms with Crippen molar-refractivity contribution >= 4 is 39.1 Å². The molecule has 0 fully saturated rings. The van der Waals surface area contributed by atoms with Crippen LogP contribution in [0, 0.1) is 12.8 Å². The first-order chi connectivity index (χ1) is 17.0. The predicted octanol–water partition coefficient (Wildman–Crippen LogP) is 4.62. The quantitative estimate of drug-likeness (QED) is 0.458. The Hall–Kier alpha value is -2.79. The molecule has 1 atom stereocenters. The van der Waals surface area contributed by atoms with Gasteiger partial charge in [0.1, 0.15) is 12.6 Å². The highest BCUT2D eigenvalue weighted by molar-refractivity contribution is 7.92. The van der Waals surface area contributed by atoms with E-state index in [1.165, 1.54) is 11.8 Å². The van der Waals surface area contributed by atoms with Gasteiger partial charge in [0.25, 0.3) is 0 Å². The van der Waals surface area contributed by atoms with Crippen molar-refractivity contribution in [3.8, 4) is 0 Å². The molecule has 2 aromatic carbocycles. The summed E-state index contributed by atoms with van der Waals surface area (Å²) >= 11 is 5.68. The van der Waals surface area contributed by atoms with E-state index in [1.54, 1.807) is 12.1 Å². The van der Waals surface area contributed by atoms with Crippen LogP contribution in [-0.4, -0.2) is 50.5 Å². The van der Waals surface area contributed by atoms with Gasteiger partial charge in [-0.15, -0.1) is 0 Å². The number of hydrogen-bond acceptors (Lipinski definition) is 4. The van der Waals surface area contributed by atoms with Gasteiger partial charge in [0.15, 0.2) is 0 Å². The second-order valence-corrected chi connectivity index (χ2v) is 11.6. The Morgan fingerprint density at radius 3 is 2.16 bits per heavy atom. The molecular formula is C25H31ClF3N3O4S. The zero-order chi connectivity index (χ0) is 28.1. The summed E-state index contributed by atoms with van der Waals surface area (Å²) < 4.78 is 65.9. The summed E-state index contributed by atoms with van der Waals surface area (Å²) in [6.07, 6.45) is -4.05. The van der Waals surface area contributed by atoms with Crippen molar-refractivity contribution in [3.63, 3.8) is 0 Å². The van der Waals surface area contributed by atoms with Gasteiger partial charge in [0.05, 0.1) is 22.5 Å². The van der Waals surface area contributed by atoms with Crippen LogP contribution in [0.25, 0.3) is 0 Å². The summed E-state index contributed by atoms with van der Waals surface area (Å²) in [5, 5.41) is 2.15. The van der Waals surface area contributed by atoms with E-state index >= 15 is 0 Å². The fourth-order valence-electron chi connectivity index (χ4n) is 3.42. The lowest BCUT2D eigenvalue weighted by Gasteiger charge is -2.32. The van der Waals surface area contributed by atoms with Gasteiger partial charge in [-0.1, -0.05) is 55.3 Å². The number of nitrogens with one attached hydrogen (secondary N) is 1. The van der Waals surface area contributed by atoms with Crippen LogP contribution in [0.4, 0.5) is 18.9 Å². The van der Waals surface area contributed by atoms with Crippen LogP contribution in [0.5, 0.6) is 0 Å². The Bertz CT molecular complexity index is 1220. The number of rotatable bonds is 10. The number of benzene rings is 2. The summed E-state index contributed by atoms with van der Waals surface area (Å²) in [5.41, 5.74) is 0.0699. The van der Waals surface area contributed by atoms with Gasteiger partial charge in [0, 0.05) is 13.1 Å². The molecule has 0 spiro atoms. The molecule has 0 aromatic heterocycles. The molecule has 0 aliphatic carbocycles. The monoisotopic (exact) mass is 561 g/mol. The van der Waals surface area contributed by atoms with E-state index in [0.29, 0.717) is 22.5 Å². The number of halogens is 4. The van der Waals surface area contributed by atoms with Crippen molar-refractivity contribution < 1.29 is 31.2 Å². The van der Waals surface area contributed by atoms with E-state index in [9.17, 15) is 31.2 Å². The van der Waals surface area contributed by atoms with E-state index in [0.717, 1.165) is 24.0 Å². The molecule has 1 unspecified atom stereocenters. The molecule has 204 valence electrons. The zero-order valence-corrected chi connectivity index (χ0v) is 22.8. The second-order valence-electron chi connectivity index (χ2n) is 9.25. The van der Waals surface area contributed by atoms with Crippen molar-refractivity contribution in [2.24, 2.45) is 5.92 Å². The maximum absolute atomic E-state index is 13.5. The van der Waals surface area contributed by atoms with Crippen molar-refractivity contribution in [1.82, 2.24) is 10.2 Å². The molecule has 0 heterocycles. The number of aryl methyl sites for hydroxylation is 1. The van der Waals surface area contributed by atoms with Crippen molar-refractivity contribution in [2.75, 3.05) is 23.7 Å². The van der Waals surface area contributed by atoms with Crippen LogP contribution in [0.3, 0.4) is 0 Å². The summed E-state index contributed by atoms with van der Waals surface area (Å²) in [7, 11) is -4.19. The maximum atomic E-state index is 13.5. The van der Waals surface area contributed by atoms with E-state index in [1.807, 2.05) is 32.9 Å². The van der Waals surface area contributed by atoms with Crippen LogP contribution in [-0.2, 0) is 32.3 Å². The number of alkyl halides is 3. The zero-order valence-electron chi connectivity index (χ0n) is 21.3. The maximum Gasteiger partial charge on any atom is 0.417 e. The molecule has 7 nitrogen and oxygen atoms in total. The van der Waals surface area contributed by atoms with E-state index in [-0.39, 0.29) is 18.2 Å². The first-order valence-electron chi connectivity index (χ1n) is 11.5. The Kier molecular flexibility index (Phi) is 10.0. The highest BCUT2D eigenvalue weighted by Gasteiger charge is 2.35. The molecule has 0 aliphatic rings. The largest absolute Gasteiger partial charge is 0.417 e. The Balaban J connectivity index is 2.45. The standard InChI is InChI=1S/C25H31ClF3N3O4S/c1-16(2)13-30-24(34)18(4)31(14-19-8-6-17(3)7-9-19)23(33)15-32(37(5,35)36)20-10-11-22(26)21(12-20)25(27,28)29/h6-12,16,18H,13-15H2,1-5H3,(H,30,34). The van der Waals surface area contributed by atoms with Crippen molar-refractivity contribution in [2.45, 2.75) is 46.5 Å². The average Bonchev–Trinajstić information content (AvgIpc) is 2.79. The number of anilines is 1. The minimum Gasteiger partial charge on any atom is -0.354 e. The van der Waals surface area contributed by atoms with Crippen LogP contribution in [0.1, 0.15) is 37.5 Å². The number of hydrogen-bond donors (Lipinski definition) is 1. The summed E-state index contributed by atoms with van der Waals surface area (Å²) in [5.74, 6) is -1.04. The first kappa shape index (κ1) is 30.4. The molecule has 37 heavy (non-hydrogen) atoms. The molecule has 2 rings (SSSR count). The number of sulfonamides is 1. The van der Waals surface area contributed by atoms with E-state index in [4.69, 9.17) is 11.6 Å². The van der Waals surface area contributed by atoms with Crippen LogP contribution in [0.2, 0.25) is 5.02 Å². The van der Waals surface area contributed by atoms with Crippen LogP contribution >= 0.6 is 11.6 Å². The lowest BCUT2D eigenvalue weighted by atomic mass is 10.1. The van der Waals surface area contributed by atoms with Gasteiger partial charge < -0.3 is 10.2 Å². The second kappa shape index (κ2) is 12.2. The Morgan fingerprint density at radius 1 is 1.05 bits per heavy atom. The number of carbonyl (C=O) groups is 2. The van der Waals surface area contributed by atoms with Gasteiger partial charge >= 0.3 is 6.18 Å². The third-order valence-electron chi connectivity index (χ3n) is 5.55. The first-order valence-corrected chi connectivity index (χ1v) is 13.7. The molecule has 1 N–H and O–H groups in total. The van der Waals surface area contributed by atoms with Crippen LogP contribution in [0.15, 0.2) is 42.5 Å². The molecular weight excluding hydrogens is 531 g/mol. The lowest BCUT2D eigenvalue weighted by molar-refractivity contribution is -0.139.